The first-order valence-corrected chi connectivity index (χ1v) is 5.93. The molecule has 0 amide bonds. The van der Waals surface area contributed by atoms with Gasteiger partial charge in [0.2, 0.25) is 0 Å². The molecule has 0 aromatic carbocycles. The number of hydrogen-bond donors (Lipinski definition) is 1. The lowest BCUT2D eigenvalue weighted by molar-refractivity contribution is 0.394. The summed E-state index contributed by atoms with van der Waals surface area (Å²) in [6.45, 7) is 4.60. The number of likely N-dealkylation sites (tertiary alicyclic amines) is 1. The minimum absolute atomic E-state index is 0.828. The van der Waals surface area contributed by atoms with E-state index in [-0.39, 0.29) is 0 Å². The highest BCUT2D eigenvalue weighted by molar-refractivity contribution is 8.14. The molecule has 0 spiro atoms. The molecule has 2 aliphatic rings. The van der Waals surface area contributed by atoms with Crippen LogP contribution in [0.4, 0.5) is 0 Å². The zero-order valence-corrected chi connectivity index (χ0v) is 8.94. The van der Waals surface area contributed by atoms with E-state index in [4.69, 9.17) is 0 Å². The Morgan fingerprint density at radius 2 is 2.62 bits per heavy atom. The van der Waals surface area contributed by atoms with E-state index in [9.17, 15) is 0 Å². The predicted octanol–water partition coefficient (Wildman–Crippen LogP) is 0.631. The number of thioether (sulfide) groups is 1. The molecular formula is C9H17N3S. The molecule has 0 aromatic rings. The van der Waals surface area contributed by atoms with Crippen LogP contribution in [0.3, 0.4) is 0 Å². The van der Waals surface area contributed by atoms with Crippen LogP contribution < -0.4 is 5.32 Å². The Morgan fingerprint density at radius 3 is 3.23 bits per heavy atom. The summed E-state index contributed by atoms with van der Waals surface area (Å²) < 4.78 is 0. The molecule has 0 radical (unpaired) electrons. The van der Waals surface area contributed by atoms with E-state index in [0.29, 0.717) is 0 Å². The fourth-order valence-corrected chi connectivity index (χ4v) is 2.61. The van der Waals surface area contributed by atoms with Crippen molar-refractivity contribution >= 4 is 16.9 Å². The highest BCUT2D eigenvalue weighted by atomic mass is 32.2. The Morgan fingerprint density at radius 1 is 1.69 bits per heavy atom. The molecular weight excluding hydrogens is 182 g/mol. The molecule has 74 valence electrons. The molecule has 1 fully saturated rings. The minimum atomic E-state index is 0.828. The summed E-state index contributed by atoms with van der Waals surface area (Å²) in [6, 6.07) is 0. The van der Waals surface area contributed by atoms with Crippen molar-refractivity contribution in [2.75, 3.05) is 39.0 Å². The number of nitrogens with zero attached hydrogens (tertiary/aromatic N) is 2. The van der Waals surface area contributed by atoms with Gasteiger partial charge in [0.1, 0.15) is 0 Å². The van der Waals surface area contributed by atoms with E-state index in [1.807, 2.05) is 11.8 Å². The summed E-state index contributed by atoms with van der Waals surface area (Å²) in [4.78, 5) is 6.77. The molecule has 0 aromatic heterocycles. The Bertz CT molecular complexity index is 205. The van der Waals surface area contributed by atoms with Crippen LogP contribution in [-0.2, 0) is 0 Å². The fraction of sp³-hybridized carbons (Fsp3) is 0.889. The van der Waals surface area contributed by atoms with Crippen LogP contribution in [0.1, 0.15) is 6.42 Å². The maximum absolute atomic E-state index is 4.37. The van der Waals surface area contributed by atoms with Gasteiger partial charge in [0, 0.05) is 18.8 Å². The Kier molecular flexibility index (Phi) is 3.11. The Labute approximate surface area is 84.0 Å². The molecule has 0 saturated carbocycles. The number of rotatable bonds is 2. The SMILES string of the molecule is CN1CCC(CNC2=NCCS2)C1. The average molecular weight is 199 g/mol. The van der Waals surface area contributed by atoms with Crippen LogP contribution in [-0.4, -0.2) is 49.0 Å². The summed E-state index contributed by atoms with van der Waals surface area (Å²) in [5, 5.41) is 4.59. The quantitative estimate of drug-likeness (QED) is 0.707. The third-order valence-corrected chi connectivity index (χ3v) is 3.55. The summed E-state index contributed by atoms with van der Waals surface area (Å²) in [7, 11) is 2.20. The van der Waals surface area contributed by atoms with Crippen LogP contribution >= 0.6 is 11.8 Å². The molecule has 13 heavy (non-hydrogen) atoms. The second kappa shape index (κ2) is 4.33. The first-order chi connectivity index (χ1) is 6.34. The van der Waals surface area contributed by atoms with Gasteiger partial charge < -0.3 is 10.2 Å². The van der Waals surface area contributed by atoms with Crippen molar-refractivity contribution in [2.45, 2.75) is 6.42 Å². The average Bonchev–Trinajstić information content (AvgIpc) is 2.71. The number of hydrogen-bond acceptors (Lipinski definition) is 4. The fourth-order valence-electron chi connectivity index (χ4n) is 1.87. The van der Waals surface area contributed by atoms with Crippen molar-refractivity contribution in [1.82, 2.24) is 10.2 Å². The maximum Gasteiger partial charge on any atom is 0.156 e. The lowest BCUT2D eigenvalue weighted by Crippen LogP contribution is -2.27. The largest absolute Gasteiger partial charge is 0.365 e. The molecule has 2 aliphatic heterocycles. The molecule has 1 atom stereocenters. The summed E-state index contributed by atoms with van der Waals surface area (Å²) in [5.41, 5.74) is 0. The van der Waals surface area contributed by atoms with E-state index < -0.39 is 0 Å². The standard InChI is InChI=1S/C9H17N3S/c1-12-4-2-8(7-12)6-11-9-10-3-5-13-9/h8H,2-7H2,1H3,(H,10,11). The van der Waals surface area contributed by atoms with Gasteiger partial charge in [-0.25, -0.2) is 0 Å². The molecule has 0 aliphatic carbocycles. The van der Waals surface area contributed by atoms with Gasteiger partial charge in [-0.3, -0.25) is 4.99 Å². The van der Waals surface area contributed by atoms with Gasteiger partial charge in [-0.1, -0.05) is 11.8 Å². The van der Waals surface area contributed by atoms with Crippen LogP contribution in [0.15, 0.2) is 4.99 Å². The van der Waals surface area contributed by atoms with Gasteiger partial charge in [-0.05, 0) is 25.9 Å². The second-order valence-electron chi connectivity index (χ2n) is 3.83. The van der Waals surface area contributed by atoms with Crippen LogP contribution in [0.2, 0.25) is 0 Å². The molecule has 3 nitrogen and oxygen atoms in total. The van der Waals surface area contributed by atoms with E-state index in [1.165, 1.54) is 19.5 Å². The van der Waals surface area contributed by atoms with Crippen molar-refractivity contribution in [3.05, 3.63) is 0 Å². The van der Waals surface area contributed by atoms with E-state index in [1.54, 1.807) is 0 Å². The van der Waals surface area contributed by atoms with Crippen molar-refractivity contribution in [2.24, 2.45) is 10.9 Å². The predicted molar refractivity (Wildman–Crippen MR) is 58.4 cm³/mol. The molecule has 4 heteroatoms. The molecule has 0 bridgehead atoms. The van der Waals surface area contributed by atoms with Gasteiger partial charge in [-0.15, -0.1) is 0 Å². The van der Waals surface area contributed by atoms with E-state index in [0.717, 1.165) is 29.9 Å². The van der Waals surface area contributed by atoms with Gasteiger partial charge in [0.25, 0.3) is 0 Å². The van der Waals surface area contributed by atoms with Crippen molar-refractivity contribution in [3.8, 4) is 0 Å². The van der Waals surface area contributed by atoms with Gasteiger partial charge >= 0.3 is 0 Å². The third-order valence-electron chi connectivity index (χ3n) is 2.62. The van der Waals surface area contributed by atoms with E-state index in [2.05, 4.69) is 22.3 Å². The first kappa shape index (κ1) is 9.34. The smallest absolute Gasteiger partial charge is 0.156 e. The zero-order valence-electron chi connectivity index (χ0n) is 8.12. The lowest BCUT2D eigenvalue weighted by Gasteiger charge is -2.11. The monoisotopic (exact) mass is 199 g/mol. The van der Waals surface area contributed by atoms with Gasteiger partial charge in [-0.2, -0.15) is 0 Å². The number of aliphatic imine (C=N–C) groups is 1. The lowest BCUT2D eigenvalue weighted by atomic mass is 10.1. The van der Waals surface area contributed by atoms with Gasteiger partial charge in [0.15, 0.2) is 5.17 Å². The van der Waals surface area contributed by atoms with Crippen molar-refractivity contribution in [1.29, 1.82) is 0 Å². The van der Waals surface area contributed by atoms with Crippen LogP contribution in [0.25, 0.3) is 0 Å². The summed E-state index contributed by atoms with van der Waals surface area (Å²) >= 11 is 1.85. The molecule has 2 heterocycles. The Balaban J connectivity index is 1.67. The van der Waals surface area contributed by atoms with Crippen molar-refractivity contribution < 1.29 is 0 Å². The second-order valence-corrected chi connectivity index (χ2v) is 4.92. The number of nitrogens with one attached hydrogen (secondary N) is 1. The Hall–Kier alpha value is -0.220. The topological polar surface area (TPSA) is 27.6 Å². The molecule has 1 unspecified atom stereocenters. The molecule has 2 rings (SSSR count). The van der Waals surface area contributed by atoms with E-state index >= 15 is 0 Å². The summed E-state index contributed by atoms with van der Waals surface area (Å²) in [5.74, 6) is 1.99. The van der Waals surface area contributed by atoms with Crippen LogP contribution in [0.5, 0.6) is 0 Å². The number of amidine groups is 1. The highest BCUT2D eigenvalue weighted by Gasteiger charge is 2.19. The summed E-state index contributed by atoms with van der Waals surface area (Å²) in [6.07, 6.45) is 1.33. The molecule has 1 N–H and O–H groups in total. The molecule has 1 saturated heterocycles. The first-order valence-electron chi connectivity index (χ1n) is 4.94. The highest BCUT2D eigenvalue weighted by Crippen LogP contribution is 2.14. The minimum Gasteiger partial charge on any atom is -0.365 e. The third kappa shape index (κ3) is 2.61. The van der Waals surface area contributed by atoms with Gasteiger partial charge in [0.05, 0.1) is 6.54 Å². The zero-order chi connectivity index (χ0) is 9.10. The van der Waals surface area contributed by atoms with Crippen LogP contribution in [0, 0.1) is 5.92 Å². The normalized spacial score (nSPS) is 29.3. The maximum atomic E-state index is 4.37. The van der Waals surface area contributed by atoms with Crippen molar-refractivity contribution in [3.63, 3.8) is 0 Å².